The normalized spacial score (nSPS) is 11.1. The minimum absolute atomic E-state index is 0.00797. The Morgan fingerprint density at radius 1 is 1.29 bits per heavy atom. The number of benzene rings is 1. The predicted octanol–water partition coefficient (Wildman–Crippen LogP) is 1.52. The van der Waals surface area contributed by atoms with Crippen molar-refractivity contribution >= 4 is 44.8 Å². The lowest BCUT2D eigenvalue weighted by atomic mass is 10.2. The summed E-state index contributed by atoms with van der Waals surface area (Å²) in [5.41, 5.74) is -0.186. The minimum Gasteiger partial charge on any atom is -0.452 e. The highest BCUT2D eigenvalue weighted by molar-refractivity contribution is 7.89. The second-order valence-corrected chi connectivity index (χ2v) is 7.62. The largest absolute Gasteiger partial charge is 0.452 e. The average Bonchev–Trinajstić information content (AvgIpc) is 3.03. The number of primary sulfonamides is 1. The Hall–Kier alpha value is -1.94. The van der Waals surface area contributed by atoms with E-state index in [1.807, 2.05) is 17.5 Å². The molecular weight excluding hydrogens is 376 g/mol. The summed E-state index contributed by atoms with van der Waals surface area (Å²) in [6.45, 7) is -0.185. The molecule has 2 rings (SSSR count). The summed E-state index contributed by atoms with van der Waals surface area (Å²) in [7, 11) is -3.99. The fourth-order valence-electron chi connectivity index (χ4n) is 1.70. The highest BCUT2D eigenvalue weighted by Crippen LogP contribution is 2.20. The molecule has 3 N–H and O–H groups in total. The molecule has 0 saturated heterocycles. The molecule has 0 fully saturated rings. The van der Waals surface area contributed by atoms with Crippen LogP contribution >= 0.6 is 22.9 Å². The fraction of sp³-hybridized carbons (Fsp3) is 0.143. The van der Waals surface area contributed by atoms with E-state index >= 15 is 0 Å². The zero-order chi connectivity index (χ0) is 17.7. The van der Waals surface area contributed by atoms with E-state index in [4.69, 9.17) is 21.5 Å². The molecule has 0 bridgehead atoms. The number of thiophene rings is 1. The van der Waals surface area contributed by atoms with Gasteiger partial charge in [0.1, 0.15) is 0 Å². The number of amides is 1. The van der Waals surface area contributed by atoms with Crippen molar-refractivity contribution < 1.29 is 22.7 Å². The van der Waals surface area contributed by atoms with Crippen LogP contribution in [0.1, 0.15) is 15.2 Å². The Morgan fingerprint density at radius 2 is 2.04 bits per heavy atom. The zero-order valence-corrected chi connectivity index (χ0v) is 14.6. The molecule has 1 aromatic carbocycles. The number of esters is 1. The molecule has 0 radical (unpaired) electrons. The Morgan fingerprint density at radius 3 is 2.67 bits per heavy atom. The van der Waals surface area contributed by atoms with Crippen molar-refractivity contribution in [1.82, 2.24) is 5.32 Å². The van der Waals surface area contributed by atoms with Gasteiger partial charge in [-0.15, -0.1) is 11.3 Å². The van der Waals surface area contributed by atoms with Crippen LogP contribution in [0.5, 0.6) is 0 Å². The number of halogens is 1. The van der Waals surface area contributed by atoms with Crippen LogP contribution in [0.15, 0.2) is 40.6 Å². The Balaban J connectivity index is 1.96. The van der Waals surface area contributed by atoms with E-state index in [2.05, 4.69) is 5.32 Å². The van der Waals surface area contributed by atoms with Crippen LogP contribution in [0.3, 0.4) is 0 Å². The number of rotatable bonds is 6. The van der Waals surface area contributed by atoms with Gasteiger partial charge in [0.15, 0.2) is 6.61 Å². The smallest absolute Gasteiger partial charge is 0.340 e. The third kappa shape index (κ3) is 5.03. The van der Waals surface area contributed by atoms with Crippen LogP contribution < -0.4 is 10.5 Å². The number of sulfonamides is 1. The second kappa shape index (κ2) is 7.75. The van der Waals surface area contributed by atoms with Crippen LogP contribution in [-0.2, 0) is 26.1 Å². The first-order valence-electron chi connectivity index (χ1n) is 6.56. The number of ether oxygens (including phenoxy) is 1. The average molecular weight is 389 g/mol. The van der Waals surface area contributed by atoms with Gasteiger partial charge in [-0.1, -0.05) is 17.7 Å². The number of hydrogen-bond donors (Lipinski definition) is 2. The highest BCUT2D eigenvalue weighted by atomic mass is 35.5. The van der Waals surface area contributed by atoms with Crippen molar-refractivity contribution in [1.29, 1.82) is 0 Å². The summed E-state index contributed by atoms with van der Waals surface area (Å²) in [4.78, 5) is 24.3. The van der Waals surface area contributed by atoms with Crippen molar-refractivity contribution in [3.05, 3.63) is 51.2 Å². The van der Waals surface area contributed by atoms with E-state index in [0.29, 0.717) is 6.54 Å². The summed E-state index contributed by atoms with van der Waals surface area (Å²) >= 11 is 7.33. The lowest BCUT2D eigenvalue weighted by Gasteiger charge is -2.08. The molecule has 0 spiro atoms. The Kier molecular flexibility index (Phi) is 5.94. The molecule has 0 unspecified atom stereocenters. The first-order valence-corrected chi connectivity index (χ1v) is 9.36. The maximum atomic E-state index is 12.0. The number of carbonyl (C=O) groups is 2. The van der Waals surface area contributed by atoms with E-state index in [0.717, 1.165) is 10.9 Å². The molecule has 7 nitrogen and oxygen atoms in total. The van der Waals surface area contributed by atoms with Gasteiger partial charge in [-0.3, -0.25) is 4.79 Å². The Bertz CT molecular complexity index is 850. The standard InChI is InChI=1S/C14H13ClN2O5S2/c15-12-4-3-10(24(16,20)21)6-11(12)14(19)22-8-13(18)17-7-9-2-1-5-23-9/h1-6H,7-8H2,(H,17,18)(H2,16,20,21). The fourth-order valence-corrected chi connectivity index (χ4v) is 3.08. The monoisotopic (exact) mass is 388 g/mol. The van der Waals surface area contributed by atoms with Crippen LogP contribution in [-0.4, -0.2) is 26.9 Å². The summed E-state index contributed by atoms with van der Waals surface area (Å²) < 4.78 is 27.4. The SMILES string of the molecule is NS(=O)(=O)c1ccc(Cl)c(C(=O)OCC(=O)NCc2cccs2)c1. The Labute approximate surface area is 147 Å². The molecule has 0 aliphatic carbocycles. The van der Waals surface area contributed by atoms with Crippen molar-refractivity contribution in [2.24, 2.45) is 5.14 Å². The van der Waals surface area contributed by atoms with Crippen LogP contribution in [0.4, 0.5) is 0 Å². The third-order valence-corrected chi connectivity index (χ3v) is 4.98. The van der Waals surface area contributed by atoms with Crippen molar-refractivity contribution in [2.75, 3.05) is 6.61 Å². The molecule has 2 aromatic rings. The summed E-state index contributed by atoms with van der Waals surface area (Å²) in [6, 6.07) is 7.10. The maximum Gasteiger partial charge on any atom is 0.340 e. The van der Waals surface area contributed by atoms with Crippen molar-refractivity contribution in [3.63, 3.8) is 0 Å². The highest BCUT2D eigenvalue weighted by Gasteiger charge is 2.18. The van der Waals surface area contributed by atoms with E-state index in [1.165, 1.54) is 23.5 Å². The van der Waals surface area contributed by atoms with Gasteiger partial charge in [0.05, 0.1) is 22.0 Å². The summed E-state index contributed by atoms with van der Waals surface area (Å²) in [5.74, 6) is -1.41. The van der Waals surface area contributed by atoms with Gasteiger partial charge in [0.25, 0.3) is 5.91 Å². The van der Waals surface area contributed by atoms with E-state index in [1.54, 1.807) is 0 Å². The van der Waals surface area contributed by atoms with Gasteiger partial charge in [0.2, 0.25) is 10.0 Å². The number of nitrogens with one attached hydrogen (secondary N) is 1. The van der Waals surface area contributed by atoms with Gasteiger partial charge in [-0.25, -0.2) is 18.4 Å². The van der Waals surface area contributed by atoms with Gasteiger partial charge in [-0.05, 0) is 29.6 Å². The molecular formula is C14H13ClN2O5S2. The number of carbonyl (C=O) groups excluding carboxylic acids is 2. The van der Waals surface area contributed by atoms with Crippen LogP contribution in [0, 0.1) is 0 Å². The lowest BCUT2D eigenvalue weighted by Crippen LogP contribution is -2.28. The summed E-state index contributed by atoms with van der Waals surface area (Å²) in [5, 5.41) is 9.45. The van der Waals surface area contributed by atoms with E-state index < -0.39 is 28.5 Å². The quantitative estimate of drug-likeness (QED) is 0.728. The topological polar surface area (TPSA) is 116 Å². The van der Waals surface area contributed by atoms with E-state index in [-0.39, 0.29) is 15.5 Å². The van der Waals surface area contributed by atoms with Crippen molar-refractivity contribution in [2.45, 2.75) is 11.4 Å². The second-order valence-electron chi connectivity index (χ2n) is 4.62. The molecule has 10 heteroatoms. The molecule has 0 atom stereocenters. The first-order chi connectivity index (χ1) is 11.3. The zero-order valence-electron chi connectivity index (χ0n) is 12.2. The molecule has 1 amide bonds. The maximum absolute atomic E-state index is 12.0. The van der Waals surface area contributed by atoms with Crippen LogP contribution in [0.25, 0.3) is 0 Å². The molecule has 0 aliphatic rings. The van der Waals surface area contributed by atoms with Gasteiger partial charge >= 0.3 is 5.97 Å². The molecule has 128 valence electrons. The molecule has 0 aliphatic heterocycles. The third-order valence-electron chi connectivity index (χ3n) is 2.86. The van der Waals surface area contributed by atoms with Gasteiger partial charge < -0.3 is 10.1 Å². The lowest BCUT2D eigenvalue weighted by molar-refractivity contribution is -0.124. The molecule has 24 heavy (non-hydrogen) atoms. The van der Waals surface area contributed by atoms with Gasteiger partial charge in [0, 0.05) is 4.88 Å². The van der Waals surface area contributed by atoms with Crippen molar-refractivity contribution in [3.8, 4) is 0 Å². The minimum atomic E-state index is -3.99. The van der Waals surface area contributed by atoms with E-state index in [9.17, 15) is 18.0 Å². The predicted molar refractivity (Wildman–Crippen MR) is 89.3 cm³/mol. The van der Waals surface area contributed by atoms with Gasteiger partial charge in [-0.2, -0.15) is 0 Å². The molecule has 1 aromatic heterocycles. The summed E-state index contributed by atoms with van der Waals surface area (Å²) in [6.07, 6.45) is 0. The molecule has 1 heterocycles. The first kappa shape index (κ1) is 18.4. The van der Waals surface area contributed by atoms with Crippen LogP contribution in [0.2, 0.25) is 5.02 Å². The number of nitrogens with two attached hydrogens (primary N) is 1. The number of hydrogen-bond acceptors (Lipinski definition) is 6. The molecule has 0 saturated carbocycles.